The molecule has 0 unspecified atom stereocenters. The van der Waals surface area contributed by atoms with Crippen LogP contribution >= 0.6 is 0 Å². The minimum Gasteiger partial charge on any atom is -0.491 e. The number of benzene rings is 2. The van der Waals surface area contributed by atoms with Crippen molar-refractivity contribution in [1.29, 1.82) is 0 Å². The van der Waals surface area contributed by atoms with Crippen molar-refractivity contribution in [2.45, 2.75) is 18.0 Å². The van der Waals surface area contributed by atoms with Gasteiger partial charge in [-0.25, -0.2) is 0 Å². The molecular weight excluding hydrogens is 418 g/mol. The van der Waals surface area contributed by atoms with E-state index in [1.54, 1.807) is 36.4 Å². The Labute approximate surface area is 155 Å². The van der Waals surface area contributed by atoms with Gasteiger partial charge in [-0.2, -0.15) is 34.8 Å². The lowest BCUT2D eigenvalue weighted by molar-refractivity contribution is -0.372. The first-order valence-corrected chi connectivity index (χ1v) is 9.21. The van der Waals surface area contributed by atoms with Crippen molar-refractivity contribution < 1.29 is 48.8 Å². The average molecular weight is 432 g/mol. The van der Waals surface area contributed by atoms with Gasteiger partial charge in [0, 0.05) is 5.39 Å². The number of fused-ring (bicyclic) bond motifs is 1. The molecule has 0 aliphatic carbocycles. The van der Waals surface area contributed by atoms with Crippen LogP contribution in [0.3, 0.4) is 0 Å². The maximum absolute atomic E-state index is 13.1. The van der Waals surface area contributed by atoms with E-state index >= 15 is 0 Å². The van der Waals surface area contributed by atoms with Crippen molar-refractivity contribution >= 4 is 20.9 Å². The zero-order valence-corrected chi connectivity index (χ0v) is 14.7. The van der Waals surface area contributed by atoms with E-state index in [1.165, 1.54) is 6.07 Å². The van der Waals surface area contributed by atoms with Gasteiger partial charge in [-0.05, 0) is 11.5 Å². The van der Waals surface area contributed by atoms with Crippen LogP contribution < -0.4 is 4.74 Å². The van der Waals surface area contributed by atoms with Crippen molar-refractivity contribution in [3.8, 4) is 5.75 Å². The molecule has 0 saturated heterocycles. The molecule has 5 nitrogen and oxygen atoms in total. The fourth-order valence-electron chi connectivity index (χ4n) is 2.48. The van der Waals surface area contributed by atoms with E-state index < -0.39 is 47.0 Å². The van der Waals surface area contributed by atoms with Crippen LogP contribution in [0.1, 0.15) is 0 Å². The van der Waals surface area contributed by atoms with Crippen molar-refractivity contribution in [1.82, 2.24) is 0 Å². The average Bonchev–Trinajstić information content (AvgIpc) is 2.54. The standard InChI is InChI=1S/C16H14F6O5S/c17-15(18,19)14(16(20,21)22,10-28(23,24)25)27-9-8-26-13-7-3-5-11-4-1-2-6-12(11)13/h1-7H,8-10H2,(H,23,24,25). The molecule has 2 aromatic carbocycles. The van der Waals surface area contributed by atoms with E-state index in [0.717, 1.165) is 5.39 Å². The molecule has 28 heavy (non-hydrogen) atoms. The summed E-state index contributed by atoms with van der Waals surface area (Å²) < 4.78 is 118. The highest BCUT2D eigenvalue weighted by Gasteiger charge is 2.74. The molecule has 0 saturated carbocycles. The van der Waals surface area contributed by atoms with E-state index in [4.69, 9.17) is 9.29 Å². The van der Waals surface area contributed by atoms with Gasteiger partial charge in [-0.3, -0.25) is 4.55 Å². The third-order valence-electron chi connectivity index (χ3n) is 3.74. The summed E-state index contributed by atoms with van der Waals surface area (Å²) in [6, 6.07) is 11.5. The third kappa shape index (κ3) is 4.86. The molecule has 0 spiro atoms. The van der Waals surface area contributed by atoms with E-state index in [0.29, 0.717) is 5.39 Å². The number of hydrogen-bond donors (Lipinski definition) is 1. The molecule has 0 amide bonds. The van der Waals surface area contributed by atoms with E-state index in [2.05, 4.69) is 4.74 Å². The largest absolute Gasteiger partial charge is 0.491 e. The first-order valence-electron chi connectivity index (χ1n) is 7.60. The van der Waals surface area contributed by atoms with Crippen molar-refractivity contribution in [3.63, 3.8) is 0 Å². The SMILES string of the molecule is O=S(=O)(O)CC(OCCOc1cccc2ccccc12)(C(F)(F)F)C(F)(F)F. The molecule has 0 fully saturated rings. The van der Waals surface area contributed by atoms with Gasteiger partial charge in [-0.15, -0.1) is 0 Å². The minimum absolute atomic E-state index is 0.195. The smallest absolute Gasteiger partial charge is 0.427 e. The summed E-state index contributed by atoms with van der Waals surface area (Å²) in [7, 11) is -5.67. The Kier molecular flexibility index (Phi) is 6.16. The zero-order valence-electron chi connectivity index (χ0n) is 13.9. The molecule has 2 rings (SSSR count). The Morgan fingerprint density at radius 1 is 0.857 bits per heavy atom. The van der Waals surface area contributed by atoms with Crippen LogP contribution in [-0.2, 0) is 14.9 Å². The van der Waals surface area contributed by atoms with Crippen LogP contribution in [0.4, 0.5) is 26.3 Å². The maximum Gasteiger partial charge on any atom is 0.427 e. The molecule has 156 valence electrons. The molecule has 0 aliphatic heterocycles. The zero-order chi connectivity index (χ0) is 21.2. The molecule has 0 aliphatic rings. The number of rotatable bonds is 7. The van der Waals surface area contributed by atoms with Gasteiger partial charge in [0.05, 0.1) is 6.61 Å². The van der Waals surface area contributed by atoms with Gasteiger partial charge in [0.15, 0.2) is 0 Å². The molecule has 12 heteroatoms. The summed E-state index contributed by atoms with van der Waals surface area (Å²) in [6.45, 7) is -1.97. The second kappa shape index (κ2) is 7.76. The van der Waals surface area contributed by atoms with Gasteiger partial charge < -0.3 is 9.47 Å². The summed E-state index contributed by atoms with van der Waals surface area (Å²) in [6.07, 6.45) is -12.3. The lowest BCUT2D eigenvalue weighted by Crippen LogP contribution is -2.63. The fraction of sp³-hybridized carbons (Fsp3) is 0.375. The number of alkyl halides is 6. The number of ether oxygens (including phenoxy) is 2. The van der Waals surface area contributed by atoms with Crippen LogP contribution in [0.2, 0.25) is 0 Å². The molecular formula is C16H14F6O5S. The Hall–Kier alpha value is -2.05. The fourth-order valence-corrected chi connectivity index (χ4v) is 3.40. The quantitative estimate of drug-likeness (QED) is 0.407. The highest BCUT2D eigenvalue weighted by atomic mass is 32.2. The first kappa shape index (κ1) is 22.2. The second-order valence-electron chi connectivity index (χ2n) is 5.72. The second-order valence-corrected chi connectivity index (χ2v) is 7.18. The number of hydrogen-bond acceptors (Lipinski definition) is 4. The molecule has 2 aromatic rings. The predicted molar refractivity (Wildman–Crippen MR) is 86.7 cm³/mol. The predicted octanol–water partition coefficient (Wildman–Crippen LogP) is 3.99. The molecule has 0 aromatic heterocycles. The molecule has 0 heterocycles. The Bertz CT molecular complexity index is 904. The molecule has 0 atom stereocenters. The van der Waals surface area contributed by atoms with E-state index in [9.17, 15) is 34.8 Å². The van der Waals surface area contributed by atoms with Gasteiger partial charge >= 0.3 is 12.4 Å². The summed E-state index contributed by atoms with van der Waals surface area (Å²) in [5, 5.41) is 1.30. The summed E-state index contributed by atoms with van der Waals surface area (Å²) >= 11 is 0. The van der Waals surface area contributed by atoms with Crippen LogP contribution in [-0.4, -0.2) is 49.9 Å². The van der Waals surface area contributed by atoms with E-state index in [1.807, 2.05) is 0 Å². The minimum atomic E-state index is -6.15. The lowest BCUT2D eigenvalue weighted by Gasteiger charge is -2.35. The van der Waals surface area contributed by atoms with Crippen molar-refractivity contribution in [2.75, 3.05) is 19.0 Å². The maximum atomic E-state index is 13.1. The Balaban J connectivity index is 2.19. The number of halogens is 6. The highest BCUT2D eigenvalue weighted by molar-refractivity contribution is 7.85. The van der Waals surface area contributed by atoms with Crippen molar-refractivity contribution in [2.24, 2.45) is 0 Å². The summed E-state index contributed by atoms with van der Waals surface area (Å²) in [4.78, 5) is 0. The summed E-state index contributed by atoms with van der Waals surface area (Å²) in [5.74, 6) is -2.53. The Morgan fingerprint density at radius 3 is 2.00 bits per heavy atom. The topological polar surface area (TPSA) is 72.8 Å². The summed E-state index contributed by atoms with van der Waals surface area (Å²) in [5.41, 5.74) is -5.09. The molecule has 1 N–H and O–H groups in total. The van der Waals surface area contributed by atoms with Gasteiger partial charge in [0.2, 0.25) is 0 Å². The Morgan fingerprint density at radius 2 is 1.43 bits per heavy atom. The van der Waals surface area contributed by atoms with Gasteiger partial charge in [-0.1, -0.05) is 36.4 Å². The third-order valence-corrected chi connectivity index (χ3v) is 4.51. The normalized spacial score (nSPS) is 13.7. The molecule has 0 radical (unpaired) electrons. The van der Waals surface area contributed by atoms with Gasteiger partial charge in [0.25, 0.3) is 15.7 Å². The van der Waals surface area contributed by atoms with E-state index in [-0.39, 0.29) is 5.75 Å². The molecule has 0 bridgehead atoms. The van der Waals surface area contributed by atoms with Crippen LogP contribution in [0.15, 0.2) is 42.5 Å². The van der Waals surface area contributed by atoms with Crippen LogP contribution in [0, 0.1) is 0 Å². The van der Waals surface area contributed by atoms with Crippen molar-refractivity contribution in [3.05, 3.63) is 42.5 Å². The monoisotopic (exact) mass is 432 g/mol. The van der Waals surface area contributed by atoms with Crippen LogP contribution in [0.5, 0.6) is 5.75 Å². The van der Waals surface area contributed by atoms with Crippen LogP contribution in [0.25, 0.3) is 10.8 Å². The lowest BCUT2D eigenvalue weighted by atomic mass is 10.1. The highest BCUT2D eigenvalue weighted by Crippen LogP contribution is 2.46. The first-order chi connectivity index (χ1) is 12.8. The van der Waals surface area contributed by atoms with Gasteiger partial charge in [0.1, 0.15) is 18.1 Å².